The van der Waals surface area contributed by atoms with Crippen molar-refractivity contribution in [2.24, 2.45) is 11.7 Å². The van der Waals surface area contributed by atoms with Crippen molar-refractivity contribution in [3.63, 3.8) is 0 Å². The minimum Gasteiger partial charge on any atom is -0.379 e. The van der Waals surface area contributed by atoms with Crippen LogP contribution in [0.1, 0.15) is 24.4 Å². The molecule has 0 aromatic heterocycles. The van der Waals surface area contributed by atoms with Crippen molar-refractivity contribution in [1.82, 2.24) is 9.80 Å². The maximum Gasteiger partial charge on any atom is 0.244 e. The second-order valence-corrected chi connectivity index (χ2v) is 6.59. The number of halogens is 2. The lowest BCUT2D eigenvalue weighted by atomic mass is 9.96. The summed E-state index contributed by atoms with van der Waals surface area (Å²) in [6, 6.07) is 9.12. The predicted octanol–water partition coefficient (Wildman–Crippen LogP) is 2.10. The number of carbonyl (C=O) groups is 1. The molecule has 2 N–H and O–H groups in total. The van der Waals surface area contributed by atoms with Crippen molar-refractivity contribution in [3.05, 3.63) is 35.9 Å². The van der Waals surface area contributed by atoms with E-state index in [1.54, 1.807) is 0 Å². The van der Waals surface area contributed by atoms with E-state index in [-0.39, 0.29) is 30.7 Å². The van der Waals surface area contributed by atoms with Gasteiger partial charge in [-0.15, -0.1) is 24.8 Å². The lowest BCUT2D eigenvalue weighted by molar-refractivity contribution is -0.134. The zero-order valence-corrected chi connectivity index (χ0v) is 16.1. The van der Waals surface area contributed by atoms with Gasteiger partial charge in [-0.3, -0.25) is 9.69 Å². The summed E-state index contributed by atoms with van der Waals surface area (Å²) in [5.74, 6) is 0.608. The van der Waals surface area contributed by atoms with Crippen LogP contribution >= 0.6 is 24.8 Å². The third-order valence-electron chi connectivity index (χ3n) is 4.88. The van der Waals surface area contributed by atoms with E-state index in [4.69, 9.17) is 10.5 Å². The molecule has 7 heteroatoms. The molecule has 2 atom stereocenters. The van der Waals surface area contributed by atoms with Crippen LogP contribution in [0.3, 0.4) is 0 Å². The highest BCUT2D eigenvalue weighted by atomic mass is 35.5. The lowest BCUT2D eigenvalue weighted by Crippen LogP contribution is -2.48. The smallest absolute Gasteiger partial charge is 0.244 e. The van der Waals surface area contributed by atoms with E-state index < -0.39 is 6.04 Å². The Hall–Kier alpha value is -0.850. The van der Waals surface area contributed by atoms with Crippen LogP contribution in [0.2, 0.25) is 0 Å². The van der Waals surface area contributed by atoms with Gasteiger partial charge in [0.15, 0.2) is 0 Å². The molecule has 1 amide bonds. The molecule has 0 radical (unpaired) electrons. The Kier molecular flexibility index (Phi) is 9.75. The zero-order chi connectivity index (χ0) is 16.1. The molecule has 2 heterocycles. The molecule has 142 valence electrons. The van der Waals surface area contributed by atoms with Gasteiger partial charge >= 0.3 is 0 Å². The average Bonchev–Trinajstić information content (AvgIpc) is 2.62. The highest BCUT2D eigenvalue weighted by Gasteiger charge is 2.29. The Bertz CT molecular complexity index is 512. The van der Waals surface area contributed by atoms with Gasteiger partial charge < -0.3 is 15.4 Å². The topological polar surface area (TPSA) is 58.8 Å². The number of likely N-dealkylation sites (tertiary alicyclic amines) is 1. The SMILES string of the molecule is Cl.Cl.NC(C(=O)N1CCCC(CN2CCOCC2)C1)c1ccccc1. The van der Waals surface area contributed by atoms with Gasteiger partial charge in [-0.2, -0.15) is 0 Å². The van der Waals surface area contributed by atoms with Gasteiger partial charge in [-0.1, -0.05) is 30.3 Å². The Morgan fingerprint density at radius 1 is 1.16 bits per heavy atom. The lowest BCUT2D eigenvalue weighted by Gasteiger charge is -2.37. The first-order valence-electron chi connectivity index (χ1n) is 8.63. The minimum atomic E-state index is -0.543. The van der Waals surface area contributed by atoms with E-state index in [2.05, 4.69) is 4.90 Å². The van der Waals surface area contributed by atoms with Crippen molar-refractivity contribution in [1.29, 1.82) is 0 Å². The van der Waals surface area contributed by atoms with Crippen molar-refractivity contribution in [3.8, 4) is 0 Å². The third-order valence-corrected chi connectivity index (χ3v) is 4.88. The van der Waals surface area contributed by atoms with E-state index in [0.29, 0.717) is 5.92 Å². The average molecular weight is 390 g/mol. The largest absolute Gasteiger partial charge is 0.379 e. The molecule has 1 aromatic carbocycles. The van der Waals surface area contributed by atoms with Crippen LogP contribution < -0.4 is 5.73 Å². The molecule has 2 fully saturated rings. The number of ether oxygens (including phenoxy) is 1. The number of nitrogens with zero attached hydrogens (tertiary/aromatic N) is 2. The highest BCUT2D eigenvalue weighted by molar-refractivity contribution is 5.85. The molecule has 0 spiro atoms. The van der Waals surface area contributed by atoms with Crippen molar-refractivity contribution >= 4 is 30.7 Å². The number of hydrogen-bond donors (Lipinski definition) is 1. The van der Waals surface area contributed by atoms with Gasteiger partial charge in [0, 0.05) is 32.7 Å². The summed E-state index contributed by atoms with van der Waals surface area (Å²) < 4.78 is 5.41. The Balaban J connectivity index is 0.00000156. The van der Waals surface area contributed by atoms with Gasteiger partial charge in [-0.25, -0.2) is 0 Å². The molecule has 2 aliphatic rings. The fourth-order valence-corrected chi connectivity index (χ4v) is 3.56. The number of nitrogens with two attached hydrogens (primary N) is 1. The highest BCUT2D eigenvalue weighted by Crippen LogP contribution is 2.21. The molecule has 25 heavy (non-hydrogen) atoms. The van der Waals surface area contributed by atoms with Crippen LogP contribution in [0.15, 0.2) is 30.3 Å². The van der Waals surface area contributed by atoms with E-state index in [9.17, 15) is 4.79 Å². The summed E-state index contributed by atoms with van der Waals surface area (Å²) >= 11 is 0. The van der Waals surface area contributed by atoms with Crippen molar-refractivity contribution in [2.75, 3.05) is 45.9 Å². The number of rotatable bonds is 4. The van der Waals surface area contributed by atoms with Crippen LogP contribution in [0.5, 0.6) is 0 Å². The molecule has 5 nitrogen and oxygen atoms in total. The standard InChI is InChI=1S/C18H27N3O2.2ClH/c19-17(16-6-2-1-3-7-16)18(22)21-8-4-5-15(14-21)13-20-9-11-23-12-10-20;;/h1-3,6-7,15,17H,4-5,8-14,19H2;2*1H. The summed E-state index contributed by atoms with van der Waals surface area (Å²) in [7, 11) is 0. The van der Waals surface area contributed by atoms with Crippen LogP contribution in [-0.4, -0.2) is 61.6 Å². The summed E-state index contributed by atoms with van der Waals surface area (Å²) in [6.07, 6.45) is 2.27. The second-order valence-electron chi connectivity index (χ2n) is 6.59. The number of hydrogen-bond acceptors (Lipinski definition) is 4. The second kappa shape index (κ2) is 11.0. The molecule has 0 saturated carbocycles. The normalized spacial score (nSPS) is 22.4. The summed E-state index contributed by atoms with van der Waals surface area (Å²) in [5.41, 5.74) is 7.08. The minimum absolute atomic E-state index is 0. The number of carbonyl (C=O) groups excluding carboxylic acids is 1. The molecular weight excluding hydrogens is 361 g/mol. The van der Waals surface area contributed by atoms with Crippen molar-refractivity contribution < 1.29 is 9.53 Å². The molecule has 0 bridgehead atoms. The zero-order valence-electron chi connectivity index (χ0n) is 14.5. The molecule has 0 aliphatic carbocycles. The molecule has 1 aromatic rings. The van der Waals surface area contributed by atoms with Crippen LogP contribution in [0, 0.1) is 5.92 Å². The van der Waals surface area contributed by atoms with Gasteiger partial charge in [0.2, 0.25) is 5.91 Å². The molecule has 2 aliphatic heterocycles. The van der Waals surface area contributed by atoms with Gasteiger partial charge in [0.05, 0.1) is 13.2 Å². The fraction of sp³-hybridized carbons (Fsp3) is 0.611. The van der Waals surface area contributed by atoms with Crippen molar-refractivity contribution in [2.45, 2.75) is 18.9 Å². The van der Waals surface area contributed by atoms with E-state index in [1.807, 2.05) is 35.2 Å². The van der Waals surface area contributed by atoms with Crippen LogP contribution in [0.4, 0.5) is 0 Å². The molecule has 3 rings (SSSR count). The maximum absolute atomic E-state index is 12.7. The molecular formula is C18H29Cl2N3O2. The van der Waals surface area contributed by atoms with Crippen LogP contribution in [-0.2, 0) is 9.53 Å². The summed E-state index contributed by atoms with van der Waals surface area (Å²) in [4.78, 5) is 17.1. The first kappa shape index (κ1) is 22.2. The van der Waals surface area contributed by atoms with Gasteiger partial charge in [0.1, 0.15) is 6.04 Å². The van der Waals surface area contributed by atoms with Gasteiger partial charge in [0.25, 0.3) is 0 Å². The van der Waals surface area contributed by atoms with E-state index >= 15 is 0 Å². The first-order chi connectivity index (χ1) is 11.2. The quantitative estimate of drug-likeness (QED) is 0.856. The number of morpholine rings is 1. The first-order valence-corrected chi connectivity index (χ1v) is 8.63. The third kappa shape index (κ3) is 6.12. The maximum atomic E-state index is 12.7. The number of amides is 1. The number of benzene rings is 1. The molecule has 2 unspecified atom stereocenters. The van der Waals surface area contributed by atoms with Gasteiger partial charge in [-0.05, 0) is 24.3 Å². The summed E-state index contributed by atoms with van der Waals surface area (Å²) in [6.45, 7) is 6.40. The Morgan fingerprint density at radius 3 is 2.52 bits per heavy atom. The summed E-state index contributed by atoms with van der Waals surface area (Å²) in [5, 5.41) is 0. The monoisotopic (exact) mass is 389 g/mol. The predicted molar refractivity (Wildman–Crippen MR) is 104 cm³/mol. The fourth-order valence-electron chi connectivity index (χ4n) is 3.56. The Labute approximate surface area is 162 Å². The number of piperidine rings is 1. The Morgan fingerprint density at radius 2 is 1.84 bits per heavy atom. The van der Waals surface area contributed by atoms with E-state index in [1.165, 1.54) is 6.42 Å². The molecule has 2 saturated heterocycles. The van der Waals surface area contributed by atoms with E-state index in [0.717, 1.165) is 57.9 Å². The van der Waals surface area contributed by atoms with Crippen LogP contribution in [0.25, 0.3) is 0 Å².